The number of amides is 1. The summed E-state index contributed by atoms with van der Waals surface area (Å²) in [6.07, 6.45) is 0. The lowest BCUT2D eigenvalue weighted by Crippen LogP contribution is -2.57. The molecule has 1 amide bonds. The molecular weight excluding hydrogens is 444 g/mol. The summed E-state index contributed by atoms with van der Waals surface area (Å²) in [4.78, 5) is 34.7. The summed E-state index contributed by atoms with van der Waals surface area (Å²) < 4.78 is 10.4. The molecule has 0 aromatic heterocycles. The summed E-state index contributed by atoms with van der Waals surface area (Å²) in [5.74, 6) is -0.777. The van der Waals surface area contributed by atoms with Gasteiger partial charge in [0, 0.05) is 36.9 Å². The standard InChI is InChI=1S/C24H27ClN4O4/c1-3-33-23(31)20-21(16-5-4-6-17(25)15-16)26-24(27-22(20)30)29-13-11-28(12-14-29)18-7-9-19(32-2)10-8-18/h4-10,15,20-21H,3,11-14H2,1-2H3,(H,26,27,30)/t20-,21-/m1/s1. The quantitative estimate of drug-likeness (QED) is 0.534. The second-order valence-corrected chi connectivity index (χ2v) is 8.28. The molecule has 1 fully saturated rings. The van der Waals surface area contributed by atoms with Crippen LogP contribution < -0.4 is 15.0 Å². The van der Waals surface area contributed by atoms with Crippen LogP contribution in [0, 0.1) is 5.92 Å². The highest BCUT2D eigenvalue weighted by atomic mass is 35.5. The Morgan fingerprint density at radius 3 is 2.45 bits per heavy atom. The normalized spacial score (nSPS) is 20.7. The predicted octanol–water partition coefficient (Wildman–Crippen LogP) is 2.88. The highest BCUT2D eigenvalue weighted by molar-refractivity contribution is 6.30. The Kier molecular flexibility index (Phi) is 7.03. The van der Waals surface area contributed by atoms with E-state index in [0.29, 0.717) is 29.6 Å². The summed E-state index contributed by atoms with van der Waals surface area (Å²) in [5, 5.41) is 3.35. The van der Waals surface area contributed by atoms with Gasteiger partial charge >= 0.3 is 5.97 Å². The van der Waals surface area contributed by atoms with Crippen molar-refractivity contribution in [1.82, 2.24) is 10.2 Å². The van der Waals surface area contributed by atoms with Gasteiger partial charge in [-0.05, 0) is 48.9 Å². The second kappa shape index (κ2) is 10.1. The van der Waals surface area contributed by atoms with Gasteiger partial charge in [0.1, 0.15) is 11.8 Å². The highest BCUT2D eigenvalue weighted by Crippen LogP contribution is 2.32. The fourth-order valence-corrected chi connectivity index (χ4v) is 4.32. The number of aliphatic imine (C=N–C) groups is 1. The fourth-order valence-electron chi connectivity index (χ4n) is 4.13. The van der Waals surface area contributed by atoms with E-state index in [1.807, 2.05) is 35.2 Å². The van der Waals surface area contributed by atoms with Crippen molar-refractivity contribution in [3.8, 4) is 5.75 Å². The van der Waals surface area contributed by atoms with Gasteiger partial charge in [0.15, 0.2) is 5.92 Å². The molecule has 33 heavy (non-hydrogen) atoms. The molecule has 1 saturated heterocycles. The first-order valence-electron chi connectivity index (χ1n) is 10.9. The smallest absolute Gasteiger partial charge is 0.321 e. The number of rotatable bonds is 5. The maximum atomic E-state index is 13.0. The SMILES string of the molecule is CCOC(=O)[C@H]1C(=O)NC(N2CCN(c3ccc(OC)cc3)CC2)=N[C@@H]1c1cccc(Cl)c1. The number of methoxy groups -OCH3 is 1. The van der Waals surface area contributed by atoms with Crippen LogP contribution in [0.4, 0.5) is 5.69 Å². The lowest BCUT2D eigenvalue weighted by Gasteiger charge is -2.39. The van der Waals surface area contributed by atoms with Gasteiger partial charge < -0.3 is 19.3 Å². The number of esters is 1. The summed E-state index contributed by atoms with van der Waals surface area (Å²) >= 11 is 6.18. The fraction of sp³-hybridized carbons (Fsp3) is 0.375. The van der Waals surface area contributed by atoms with E-state index in [0.717, 1.165) is 24.5 Å². The first-order valence-corrected chi connectivity index (χ1v) is 11.3. The molecule has 0 unspecified atom stereocenters. The molecule has 2 atom stereocenters. The summed E-state index contributed by atoms with van der Waals surface area (Å²) in [7, 11) is 1.65. The number of hydrogen-bond acceptors (Lipinski definition) is 7. The van der Waals surface area contributed by atoms with Crippen LogP contribution in [-0.2, 0) is 14.3 Å². The highest BCUT2D eigenvalue weighted by Gasteiger charge is 2.42. The van der Waals surface area contributed by atoms with Gasteiger partial charge in [-0.15, -0.1) is 0 Å². The Morgan fingerprint density at radius 1 is 1.12 bits per heavy atom. The maximum absolute atomic E-state index is 13.0. The Hall–Kier alpha value is -3.26. The minimum Gasteiger partial charge on any atom is -0.497 e. The van der Waals surface area contributed by atoms with Gasteiger partial charge in [-0.25, -0.2) is 4.99 Å². The zero-order valence-corrected chi connectivity index (χ0v) is 19.4. The number of piperazine rings is 1. The number of carbonyl (C=O) groups excluding carboxylic acids is 2. The number of guanidine groups is 1. The molecule has 0 radical (unpaired) electrons. The van der Waals surface area contributed by atoms with E-state index in [4.69, 9.17) is 26.1 Å². The van der Waals surface area contributed by atoms with Crippen molar-refractivity contribution in [3.05, 3.63) is 59.1 Å². The molecule has 2 aromatic carbocycles. The predicted molar refractivity (Wildman–Crippen MR) is 127 cm³/mol. The lowest BCUT2D eigenvalue weighted by molar-refractivity contribution is -0.153. The number of anilines is 1. The zero-order chi connectivity index (χ0) is 23.4. The molecule has 2 aromatic rings. The number of halogens is 1. The topological polar surface area (TPSA) is 83.5 Å². The number of nitrogens with zero attached hydrogens (tertiary/aromatic N) is 3. The second-order valence-electron chi connectivity index (χ2n) is 7.84. The van der Waals surface area contributed by atoms with E-state index in [2.05, 4.69) is 10.2 Å². The van der Waals surface area contributed by atoms with Crippen LogP contribution in [0.1, 0.15) is 18.5 Å². The van der Waals surface area contributed by atoms with Crippen molar-refractivity contribution < 1.29 is 19.1 Å². The first kappa shape index (κ1) is 22.9. The van der Waals surface area contributed by atoms with Crippen molar-refractivity contribution in [1.29, 1.82) is 0 Å². The Labute approximate surface area is 198 Å². The van der Waals surface area contributed by atoms with Gasteiger partial charge in [-0.1, -0.05) is 23.7 Å². The molecule has 0 spiro atoms. The van der Waals surface area contributed by atoms with Crippen LogP contribution in [0.2, 0.25) is 5.02 Å². The van der Waals surface area contributed by atoms with Gasteiger partial charge in [-0.3, -0.25) is 14.9 Å². The third-order valence-corrected chi connectivity index (χ3v) is 6.08. The van der Waals surface area contributed by atoms with Crippen molar-refractivity contribution in [2.24, 2.45) is 10.9 Å². The van der Waals surface area contributed by atoms with Crippen molar-refractivity contribution >= 4 is 35.1 Å². The van der Waals surface area contributed by atoms with E-state index in [1.165, 1.54) is 0 Å². The molecule has 4 rings (SSSR count). The van der Waals surface area contributed by atoms with Crippen LogP contribution in [0.15, 0.2) is 53.5 Å². The van der Waals surface area contributed by atoms with Crippen LogP contribution in [0.5, 0.6) is 5.75 Å². The van der Waals surface area contributed by atoms with Gasteiger partial charge in [0.25, 0.3) is 0 Å². The maximum Gasteiger partial charge on any atom is 0.321 e. The molecule has 0 bridgehead atoms. The van der Waals surface area contributed by atoms with Crippen LogP contribution in [-0.4, -0.2) is 62.6 Å². The Bertz CT molecular complexity index is 1040. The summed E-state index contributed by atoms with van der Waals surface area (Å²) in [6, 6.07) is 14.3. The van der Waals surface area contributed by atoms with E-state index < -0.39 is 23.8 Å². The van der Waals surface area contributed by atoms with Crippen LogP contribution >= 0.6 is 11.6 Å². The van der Waals surface area contributed by atoms with Gasteiger partial charge in [0.2, 0.25) is 11.9 Å². The van der Waals surface area contributed by atoms with E-state index in [9.17, 15) is 9.59 Å². The molecule has 0 aliphatic carbocycles. The molecular formula is C24H27ClN4O4. The average Bonchev–Trinajstić information content (AvgIpc) is 2.84. The largest absolute Gasteiger partial charge is 0.497 e. The van der Waals surface area contributed by atoms with Gasteiger partial charge in [-0.2, -0.15) is 0 Å². The Balaban J connectivity index is 1.54. The summed E-state index contributed by atoms with van der Waals surface area (Å²) in [6.45, 7) is 4.79. The Morgan fingerprint density at radius 2 is 1.82 bits per heavy atom. The third kappa shape index (κ3) is 5.06. The molecule has 1 N–H and O–H groups in total. The van der Waals surface area contributed by atoms with Crippen molar-refractivity contribution in [2.75, 3.05) is 44.8 Å². The third-order valence-electron chi connectivity index (χ3n) is 5.84. The number of nitrogens with one attached hydrogen (secondary N) is 1. The number of hydrogen-bond donors (Lipinski definition) is 1. The summed E-state index contributed by atoms with van der Waals surface area (Å²) in [5.41, 5.74) is 1.81. The van der Waals surface area contributed by atoms with Crippen molar-refractivity contribution in [2.45, 2.75) is 13.0 Å². The zero-order valence-electron chi connectivity index (χ0n) is 18.7. The van der Waals surface area contributed by atoms with Crippen molar-refractivity contribution in [3.63, 3.8) is 0 Å². The average molecular weight is 471 g/mol. The molecule has 2 aliphatic rings. The van der Waals surface area contributed by atoms with E-state index >= 15 is 0 Å². The first-order chi connectivity index (χ1) is 16.0. The molecule has 2 aliphatic heterocycles. The monoisotopic (exact) mass is 470 g/mol. The van der Waals surface area contributed by atoms with Gasteiger partial charge in [0.05, 0.1) is 13.7 Å². The van der Waals surface area contributed by atoms with Crippen LogP contribution in [0.25, 0.3) is 0 Å². The van der Waals surface area contributed by atoms with E-state index in [-0.39, 0.29) is 6.61 Å². The minimum absolute atomic E-state index is 0.189. The number of carbonyl (C=O) groups is 2. The molecule has 2 heterocycles. The number of benzene rings is 2. The molecule has 9 heteroatoms. The lowest BCUT2D eigenvalue weighted by atomic mass is 9.91. The molecule has 0 saturated carbocycles. The van der Waals surface area contributed by atoms with E-state index in [1.54, 1.807) is 32.2 Å². The molecule has 8 nitrogen and oxygen atoms in total. The van der Waals surface area contributed by atoms with Crippen LogP contribution in [0.3, 0.4) is 0 Å². The number of ether oxygens (including phenoxy) is 2. The molecule has 174 valence electrons. The minimum atomic E-state index is -1.06.